The highest BCUT2D eigenvalue weighted by atomic mass is 31.1. The highest BCUT2D eigenvalue weighted by Gasteiger charge is 2.40. The molecule has 0 saturated carbocycles. The van der Waals surface area contributed by atoms with Gasteiger partial charge in [0.2, 0.25) is 0 Å². The van der Waals surface area contributed by atoms with Crippen molar-refractivity contribution in [2.45, 2.75) is 119 Å². The van der Waals surface area contributed by atoms with E-state index >= 15 is 0 Å². The molecule has 0 heterocycles. The highest BCUT2D eigenvalue weighted by molar-refractivity contribution is 7.33. The first-order chi connectivity index (χ1) is 14.3. The fourth-order valence-electron chi connectivity index (χ4n) is 5.02. The minimum absolute atomic E-state index is 0.00335. The quantitative estimate of drug-likeness (QED) is 0.181. The topological polar surface area (TPSA) is 69.7 Å². The lowest BCUT2D eigenvalue weighted by Crippen LogP contribution is -2.34. The lowest BCUT2D eigenvalue weighted by Gasteiger charge is -2.31. The van der Waals surface area contributed by atoms with Crippen LogP contribution in [0.3, 0.4) is 0 Å². The van der Waals surface area contributed by atoms with Crippen molar-refractivity contribution in [3.05, 3.63) is 0 Å². The predicted molar refractivity (Wildman–Crippen MR) is 124 cm³/mol. The van der Waals surface area contributed by atoms with Crippen LogP contribution in [0.4, 0.5) is 0 Å². The molecule has 0 aliphatic carbocycles. The molecule has 30 heavy (non-hydrogen) atoms. The molecule has 0 aromatic heterocycles. The second-order valence-electron chi connectivity index (χ2n) is 8.68. The van der Waals surface area contributed by atoms with Crippen molar-refractivity contribution in [3.63, 3.8) is 0 Å². The summed E-state index contributed by atoms with van der Waals surface area (Å²) in [5.74, 6) is 0.00671. The molecular weight excluding hydrogens is 399 g/mol. The highest BCUT2D eigenvalue weighted by Crippen LogP contribution is 2.39. The zero-order valence-electron chi connectivity index (χ0n) is 20.4. The van der Waals surface area contributed by atoms with Crippen LogP contribution in [0.15, 0.2) is 0 Å². The van der Waals surface area contributed by atoms with Crippen LogP contribution in [-0.2, 0) is 23.2 Å². The van der Waals surface area contributed by atoms with Gasteiger partial charge in [-0.25, -0.2) is 0 Å². The van der Waals surface area contributed by atoms with Gasteiger partial charge < -0.3 is 0 Å². The van der Waals surface area contributed by atoms with Gasteiger partial charge in [-0.2, -0.15) is 0 Å². The van der Waals surface area contributed by atoms with Crippen LogP contribution in [0, 0.1) is 10.8 Å². The molecule has 0 aromatic carbocycles. The molecule has 0 bridgehead atoms. The molecule has 0 saturated heterocycles. The second kappa shape index (κ2) is 16.1. The molecule has 0 spiro atoms. The third-order valence-electron chi connectivity index (χ3n) is 6.16. The Morgan fingerprint density at radius 1 is 0.567 bits per heavy atom. The van der Waals surface area contributed by atoms with Gasteiger partial charge in [0.25, 0.3) is 0 Å². The van der Waals surface area contributed by atoms with Gasteiger partial charge in [0, 0.05) is 15.4 Å². The normalized spacial score (nSPS) is 12.2. The van der Waals surface area contributed by atoms with Gasteiger partial charge in [0.05, 0.1) is 0 Å². The SMILES string of the molecule is CCCC(CCC)(CCC)C(=O)CO[P+](=O)OCC(=O)C(CCC)(CCC)CCC. The van der Waals surface area contributed by atoms with Crippen LogP contribution in [-0.4, -0.2) is 24.8 Å². The second-order valence-corrected chi connectivity index (χ2v) is 9.64. The van der Waals surface area contributed by atoms with Crippen LogP contribution in [0.5, 0.6) is 0 Å². The summed E-state index contributed by atoms with van der Waals surface area (Å²) < 4.78 is 22.8. The smallest absolute Gasteiger partial charge is 0.296 e. The van der Waals surface area contributed by atoms with E-state index in [2.05, 4.69) is 41.5 Å². The zero-order valence-corrected chi connectivity index (χ0v) is 21.3. The van der Waals surface area contributed by atoms with Gasteiger partial charge in [-0.05, 0) is 38.5 Å². The fraction of sp³-hybridized carbons (Fsp3) is 0.917. The molecular formula is C24H46O5P+. The first-order valence-electron chi connectivity index (χ1n) is 12.1. The van der Waals surface area contributed by atoms with Gasteiger partial charge in [-0.3, -0.25) is 9.59 Å². The molecule has 0 rings (SSSR count). The Morgan fingerprint density at radius 2 is 0.800 bits per heavy atom. The first-order valence-corrected chi connectivity index (χ1v) is 13.2. The molecule has 0 aliphatic heterocycles. The third kappa shape index (κ3) is 9.24. The number of hydrogen-bond donors (Lipinski definition) is 0. The molecule has 0 N–H and O–H groups in total. The van der Waals surface area contributed by atoms with Crippen LogP contribution in [0.25, 0.3) is 0 Å². The summed E-state index contributed by atoms with van der Waals surface area (Å²) in [7, 11) is -2.49. The molecule has 0 aliphatic rings. The first kappa shape index (κ1) is 29.4. The van der Waals surface area contributed by atoms with E-state index in [0.29, 0.717) is 0 Å². The molecule has 0 unspecified atom stereocenters. The molecule has 0 fully saturated rings. The van der Waals surface area contributed by atoms with E-state index in [1.165, 1.54) is 0 Å². The summed E-state index contributed by atoms with van der Waals surface area (Å²) in [5.41, 5.74) is -0.800. The van der Waals surface area contributed by atoms with Crippen molar-refractivity contribution in [3.8, 4) is 0 Å². The average Bonchev–Trinajstić information content (AvgIpc) is 2.71. The van der Waals surface area contributed by atoms with E-state index in [1.807, 2.05) is 0 Å². The minimum atomic E-state index is -2.49. The van der Waals surface area contributed by atoms with Gasteiger partial charge in [-0.1, -0.05) is 80.1 Å². The monoisotopic (exact) mass is 445 g/mol. The number of carbonyl (C=O) groups excluding carboxylic acids is 2. The molecule has 5 nitrogen and oxygen atoms in total. The number of Topliss-reactive ketones (excluding diaryl/α,β-unsaturated/α-hetero) is 2. The third-order valence-corrected chi connectivity index (χ3v) is 6.84. The fourth-order valence-corrected chi connectivity index (χ4v) is 5.54. The lowest BCUT2D eigenvalue weighted by molar-refractivity contribution is -0.133. The zero-order chi connectivity index (χ0) is 23.0. The van der Waals surface area contributed by atoms with Crippen molar-refractivity contribution in [1.82, 2.24) is 0 Å². The van der Waals surface area contributed by atoms with Crippen LogP contribution < -0.4 is 0 Å². The molecule has 176 valence electrons. The molecule has 0 atom stereocenters. The maximum absolute atomic E-state index is 12.9. The van der Waals surface area contributed by atoms with E-state index in [0.717, 1.165) is 77.0 Å². The van der Waals surface area contributed by atoms with Crippen LogP contribution in [0.2, 0.25) is 0 Å². The number of rotatable bonds is 20. The van der Waals surface area contributed by atoms with E-state index in [-0.39, 0.29) is 24.8 Å². The molecule has 0 amide bonds. The van der Waals surface area contributed by atoms with Crippen LogP contribution in [0.1, 0.15) is 119 Å². The average molecular weight is 446 g/mol. The van der Waals surface area contributed by atoms with Gasteiger partial charge >= 0.3 is 8.25 Å². The predicted octanol–water partition coefficient (Wildman–Crippen LogP) is 7.59. The Balaban J connectivity index is 4.92. The summed E-state index contributed by atoms with van der Waals surface area (Å²) in [6, 6.07) is 0. The van der Waals surface area contributed by atoms with Gasteiger partial charge in [-0.15, -0.1) is 9.05 Å². The summed E-state index contributed by atoms with van der Waals surface area (Å²) >= 11 is 0. The van der Waals surface area contributed by atoms with E-state index in [1.54, 1.807) is 0 Å². The molecule has 0 radical (unpaired) electrons. The van der Waals surface area contributed by atoms with E-state index in [4.69, 9.17) is 9.05 Å². The maximum Gasteiger partial charge on any atom is 0.698 e. The van der Waals surface area contributed by atoms with Crippen molar-refractivity contribution in [2.24, 2.45) is 10.8 Å². The van der Waals surface area contributed by atoms with Crippen molar-refractivity contribution in [2.75, 3.05) is 13.2 Å². The number of carbonyl (C=O) groups is 2. The molecule has 6 heteroatoms. The Bertz CT molecular complexity index is 440. The summed E-state index contributed by atoms with van der Waals surface area (Å²) in [5, 5.41) is 0. The largest absolute Gasteiger partial charge is 0.698 e. The Hall–Kier alpha value is -0.640. The maximum atomic E-state index is 12.9. The number of ketones is 2. The van der Waals surface area contributed by atoms with Crippen molar-refractivity contribution >= 4 is 19.8 Å². The van der Waals surface area contributed by atoms with Crippen molar-refractivity contribution in [1.29, 1.82) is 0 Å². The Labute approximate surface area is 186 Å². The minimum Gasteiger partial charge on any atom is -0.296 e. The lowest BCUT2D eigenvalue weighted by atomic mass is 9.72. The molecule has 0 aromatic rings. The van der Waals surface area contributed by atoms with E-state index < -0.39 is 19.1 Å². The Kier molecular flexibility index (Phi) is 15.7. The number of hydrogen-bond acceptors (Lipinski definition) is 5. The summed E-state index contributed by atoms with van der Waals surface area (Å²) in [4.78, 5) is 25.8. The standard InChI is InChI=1S/C24H46O5P/c1-7-13-23(14-8-2,15-9-3)21(25)19-28-30(27)29-20-22(26)24(16-10-4,17-11-5)18-12-6/h7-20H2,1-6H3/q+1. The van der Waals surface area contributed by atoms with Gasteiger partial charge in [0.1, 0.15) is 0 Å². The van der Waals surface area contributed by atoms with Crippen molar-refractivity contribution < 1.29 is 23.2 Å². The Morgan fingerprint density at radius 3 is 1.00 bits per heavy atom. The van der Waals surface area contributed by atoms with Crippen LogP contribution >= 0.6 is 8.25 Å². The van der Waals surface area contributed by atoms with E-state index in [9.17, 15) is 14.2 Å². The summed E-state index contributed by atoms with van der Waals surface area (Å²) in [6.45, 7) is 12.1. The van der Waals surface area contributed by atoms with Gasteiger partial charge in [0.15, 0.2) is 24.8 Å². The summed E-state index contributed by atoms with van der Waals surface area (Å²) in [6.07, 6.45) is 10.5.